The fraction of sp³-hybridized carbons (Fsp3) is 0.617. The zero-order valence-corrected chi connectivity index (χ0v) is 36.2. The van der Waals surface area contributed by atoms with E-state index in [1.54, 1.807) is 38.1 Å². The summed E-state index contributed by atoms with van der Waals surface area (Å²) in [6, 6.07) is 6.92. The van der Waals surface area contributed by atoms with E-state index in [-0.39, 0.29) is 65.7 Å². The molecule has 3 rings (SSSR count). The van der Waals surface area contributed by atoms with Crippen LogP contribution in [-0.2, 0) is 35.2 Å². The van der Waals surface area contributed by atoms with E-state index < -0.39 is 47.4 Å². The second-order valence-electron chi connectivity index (χ2n) is 16.7. The van der Waals surface area contributed by atoms with Crippen LogP contribution < -0.4 is 16.4 Å². The van der Waals surface area contributed by atoms with Gasteiger partial charge < -0.3 is 31.5 Å². The number of unbranched alkanes of at least 4 members (excludes halogenated alkanes) is 7. The maximum Gasteiger partial charge on any atom is 0.226 e. The molecule has 0 aliphatic carbocycles. The summed E-state index contributed by atoms with van der Waals surface area (Å²) < 4.78 is 0. The Hall–Kier alpha value is -4.42. The van der Waals surface area contributed by atoms with Crippen LogP contribution in [0, 0.1) is 17.8 Å². The minimum Gasteiger partial charge on any atom is -0.507 e. The fourth-order valence-electron chi connectivity index (χ4n) is 7.76. The molecule has 12 heteroatoms. The van der Waals surface area contributed by atoms with Crippen LogP contribution >= 0.6 is 0 Å². The summed E-state index contributed by atoms with van der Waals surface area (Å²) in [6.07, 6.45) is 11.0. The molecule has 2 aromatic rings. The lowest BCUT2D eigenvalue weighted by Gasteiger charge is -2.32. The maximum atomic E-state index is 14.5. The zero-order valence-electron chi connectivity index (χ0n) is 36.2. The third-order valence-corrected chi connectivity index (χ3v) is 11.6. The lowest BCUT2D eigenvalue weighted by atomic mass is 9.87. The summed E-state index contributed by atoms with van der Waals surface area (Å²) in [5.41, 5.74) is 7.16. The third kappa shape index (κ3) is 15.6. The second kappa shape index (κ2) is 25.3. The highest BCUT2D eigenvalue weighted by Gasteiger charge is 2.36. The van der Waals surface area contributed by atoms with Crippen molar-refractivity contribution in [3.8, 4) is 22.6 Å². The number of nitrogens with zero attached hydrogens (tertiary/aromatic N) is 1. The number of nitrogens with one attached hydrogen (secondary N) is 2. The Morgan fingerprint density at radius 2 is 1.51 bits per heavy atom. The normalized spacial score (nSPS) is 18.0. The van der Waals surface area contributed by atoms with Gasteiger partial charge in [0.2, 0.25) is 11.8 Å². The van der Waals surface area contributed by atoms with Crippen LogP contribution in [0.1, 0.15) is 141 Å². The monoisotopic (exact) mass is 819 g/mol. The van der Waals surface area contributed by atoms with Gasteiger partial charge in [0.05, 0.1) is 6.04 Å². The number of Topliss-reactive ketones (excluding diaryl/α,β-unsaturated/α-hetero) is 4. The van der Waals surface area contributed by atoms with Crippen LogP contribution in [0.3, 0.4) is 0 Å². The van der Waals surface area contributed by atoms with E-state index in [0.29, 0.717) is 56.3 Å². The summed E-state index contributed by atoms with van der Waals surface area (Å²) >= 11 is 0. The molecule has 2 amide bonds. The summed E-state index contributed by atoms with van der Waals surface area (Å²) in [4.78, 5) is 82.8. The van der Waals surface area contributed by atoms with E-state index in [0.717, 1.165) is 13.0 Å². The van der Waals surface area contributed by atoms with Crippen molar-refractivity contribution in [3.63, 3.8) is 0 Å². The number of amides is 2. The lowest BCUT2D eigenvalue weighted by molar-refractivity contribution is -0.144. The fourth-order valence-corrected chi connectivity index (χ4v) is 7.76. The molecule has 0 radical (unpaired) electrons. The van der Waals surface area contributed by atoms with Gasteiger partial charge in [0.15, 0.2) is 11.6 Å². The molecule has 4 bridgehead atoms. The molecule has 0 unspecified atom stereocenters. The predicted octanol–water partition coefficient (Wildman–Crippen LogP) is 6.91. The Morgan fingerprint density at radius 1 is 0.864 bits per heavy atom. The number of rotatable bonds is 24. The number of hydrogen-bond acceptors (Lipinski definition) is 10. The minimum atomic E-state index is -1.21. The zero-order chi connectivity index (χ0) is 43.5. The number of carbonyl (C=O) groups excluding carboxylic acids is 6. The molecule has 0 saturated heterocycles. The van der Waals surface area contributed by atoms with Gasteiger partial charge in [-0.25, -0.2) is 0 Å². The van der Waals surface area contributed by atoms with Crippen molar-refractivity contribution in [2.24, 2.45) is 23.5 Å². The van der Waals surface area contributed by atoms with E-state index in [1.807, 2.05) is 0 Å². The summed E-state index contributed by atoms with van der Waals surface area (Å²) in [5, 5.41) is 28.4. The molecule has 59 heavy (non-hydrogen) atoms. The van der Waals surface area contributed by atoms with Crippen LogP contribution in [0.15, 0.2) is 36.4 Å². The van der Waals surface area contributed by atoms with Crippen molar-refractivity contribution in [1.82, 2.24) is 15.5 Å². The SMILES string of the molecule is CCCCCCCCCNCCCC(=O)C[C@@H](CCCCN)C(=O)N(C)[C@@H]1C(=O)C[C@@H](C)C(=O)N[C@H](C(=O)C[C@@H](C)C(C)=O)Cc2ccc(O)c(c2)-c2cc1ccc2O. The number of aromatic hydroxyl groups is 2. The Bertz CT molecular complexity index is 1730. The van der Waals surface area contributed by atoms with Gasteiger partial charge >= 0.3 is 0 Å². The average molecular weight is 819 g/mol. The van der Waals surface area contributed by atoms with Crippen LogP contribution in [0.4, 0.5) is 0 Å². The van der Waals surface area contributed by atoms with Gasteiger partial charge in [0.1, 0.15) is 29.1 Å². The van der Waals surface area contributed by atoms with Gasteiger partial charge in [-0.05, 0) is 94.1 Å². The molecule has 326 valence electrons. The number of carbonyl (C=O) groups is 6. The predicted molar refractivity (Wildman–Crippen MR) is 231 cm³/mol. The Balaban J connectivity index is 1.88. The number of hydrogen-bond donors (Lipinski definition) is 5. The third-order valence-electron chi connectivity index (χ3n) is 11.6. The molecule has 2 aromatic carbocycles. The van der Waals surface area contributed by atoms with Gasteiger partial charge in [0, 0.05) is 61.6 Å². The molecule has 6 N–H and O–H groups in total. The molecular weight excluding hydrogens is 749 g/mol. The largest absolute Gasteiger partial charge is 0.507 e. The Morgan fingerprint density at radius 3 is 2.19 bits per heavy atom. The number of likely N-dealkylation sites (N-methyl/N-ethyl adjacent to an activating group) is 1. The average Bonchev–Trinajstić information content (AvgIpc) is 3.19. The smallest absolute Gasteiger partial charge is 0.226 e. The number of benzene rings is 2. The number of phenolic OH excluding ortho intramolecular Hbond substituents is 2. The van der Waals surface area contributed by atoms with Gasteiger partial charge in [-0.15, -0.1) is 0 Å². The molecule has 0 saturated carbocycles. The molecule has 0 aromatic heterocycles. The quantitative estimate of drug-likeness (QED) is 0.0695. The maximum absolute atomic E-state index is 14.5. The molecule has 0 fully saturated rings. The highest BCUT2D eigenvalue weighted by Crippen LogP contribution is 2.39. The molecule has 5 atom stereocenters. The topological polar surface area (TPSA) is 196 Å². The molecule has 1 aliphatic heterocycles. The van der Waals surface area contributed by atoms with Crippen LogP contribution in [0.25, 0.3) is 11.1 Å². The molecular formula is C47H70N4O8. The first-order chi connectivity index (χ1) is 28.2. The van der Waals surface area contributed by atoms with Crippen molar-refractivity contribution < 1.29 is 39.0 Å². The van der Waals surface area contributed by atoms with Gasteiger partial charge in [-0.3, -0.25) is 28.8 Å². The van der Waals surface area contributed by atoms with Crippen LogP contribution in [-0.4, -0.2) is 82.8 Å². The number of phenols is 2. The summed E-state index contributed by atoms with van der Waals surface area (Å²) in [7, 11) is 1.52. The van der Waals surface area contributed by atoms with Crippen LogP contribution in [0.2, 0.25) is 0 Å². The highest BCUT2D eigenvalue weighted by atomic mass is 16.3. The molecule has 12 nitrogen and oxygen atoms in total. The Labute approximate surface area is 351 Å². The van der Waals surface area contributed by atoms with Crippen molar-refractivity contribution in [2.75, 3.05) is 26.7 Å². The number of nitrogens with two attached hydrogens (primary N) is 1. The first-order valence-electron chi connectivity index (χ1n) is 21.9. The van der Waals surface area contributed by atoms with Crippen molar-refractivity contribution in [2.45, 2.75) is 143 Å². The summed E-state index contributed by atoms with van der Waals surface area (Å²) in [5.74, 6) is -4.46. The van der Waals surface area contributed by atoms with E-state index in [4.69, 9.17) is 5.73 Å². The highest BCUT2D eigenvalue weighted by molar-refractivity contribution is 5.97. The van der Waals surface area contributed by atoms with Crippen LogP contribution in [0.5, 0.6) is 11.5 Å². The standard InChI is InChI=1S/C47H70N4O8/c1-6-7-8-9-10-11-14-23-49-24-15-17-37(53)29-36(16-12-13-22-48)47(59)51(5)45-35-19-21-42(55)39(30-35)38-27-34(18-20-41(38)54)28-40(43(56)25-31(2)33(4)52)50-46(58)32(3)26-44(45)57/h18-21,27,30-32,36,40,45,49,54-55H,6-17,22-26,28-29,48H2,1-5H3,(H,50,58)/t31-,32-,36-,40+,45+/m1/s1. The van der Waals surface area contributed by atoms with Crippen molar-refractivity contribution in [3.05, 3.63) is 47.5 Å². The van der Waals surface area contributed by atoms with Gasteiger partial charge in [-0.1, -0.05) is 77.8 Å². The molecule has 1 aliphatic rings. The first kappa shape index (κ1) is 48.9. The van der Waals surface area contributed by atoms with E-state index in [9.17, 15) is 39.0 Å². The van der Waals surface area contributed by atoms with Gasteiger partial charge in [-0.2, -0.15) is 0 Å². The second-order valence-corrected chi connectivity index (χ2v) is 16.7. The van der Waals surface area contributed by atoms with E-state index in [2.05, 4.69) is 17.6 Å². The summed E-state index contributed by atoms with van der Waals surface area (Å²) in [6.45, 7) is 8.90. The molecule has 0 spiro atoms. The van der Waals surface area contributed by atoms with E-state index in [1.165, 1.54) is 69.5 Å². The number of ketones is 4. The minimum absolute atomic E-state index is 0.0182. The van der Waals surface area contributed by atoms with Crippen molar-refractivity contribution in [1.29, 1.82) is 0 Å². The Kier molecular flexibility index (Phi) is 21.0. The first-order valence-corrected chi connectivity index (χ1v) is 21.9. The lowest BCUT2D eigenvalue weighted by Crippen LogP contribution is -2.46. The van der Waals surface area contributed by atoms with Crippen molar-refractivity contribution >= 4 is 34.9 Å². The number of fused-ring (bicyclic) bond motifs is 5. The van der Waals surface area contributed by atoms with E-state index >= 15 is 0 Å². The molecule has 1 heterocycles. The van der Waals surface area contributed by atoms with Gasteiger partial charge in [0.25, 0.3) is 0 Å².